The van der Waals surface area contributed by atoms with Crippen LogP contribution in [0.2, 0.25) is 0 Å². The molecule has 0 aromatic heterocycles. The van der Waals surface area contributed by atoms with E-state index in [1.54, 1.807) is 12.1 Å². The predicted octanol–water partition coefficient (Wildman–Crippen LogP) is 11.0. The Bertz CT molecular complexity index is 2010. The summed E-state index contributed by atoms with van der Waals surface area (Å²) in [6.07, 6.45) is 10.8. The van der Waals surface area contributed by atoms with Gasteiger partial charge in [-0.15, -0.1) is 0 Å². The van der Waals surface area contributed by atoms with Crippen molar-refractivity contribution < 1.29 is 0 Å². The Labute approximate surface area is 277 Å². The molecule has 5 aromatic carbocycles. The first kappa shape index (κ1) is 30.8. The van der Waals surface area contributed by atoms with Crippen LogP contribution in [0.1, 0.15) is 34.2 Å². The van der Waals surface area contributed by atoms with Crippen molar-refractivity contribution in [3.8, 4) is 12.1 Å². The highest BCUT2D eigenvalue weighted by Crippen LogP contribution is 2.40. The van der Waals surface area contributed by atoms with E-state index in [1.165, 1.54) is 11.1 Å². The fourth-order valence-corrected chi connectivity index (χ4v) is 5.67. The molecular weight excluding hydrogens is 573 g/mol. The molecule has 0 heterocycles. The summed E-state index contributed by atoms with van der Waals surface area (Å²) in [5, 5.41) is 19.8. The number of aliphatic imine (C=N–C) groups is 1. The van der Waals surface area contributed by atoms with Gasteiger partial charge in [0.15, 0.2) is 0 Å². The van der Waals surface area contributed by atoms with Crippen LogP contribution in [0.4, 0.5) is 22.7 Å². The van der Waals surface area contributed by atoms with Gasteiger partial charge in [0.1, 0.15) is 0 Å². The molecule has 4 nitrogen and oxygen atoms in total. The standard InChI is InChI=1S/C43H34N4/c1-32-8-18-40(19-9-32)47(41-20-10-33(2)11-21-41)42-22-14-34(15-23-42)28-38(30-45)43(31-46-39-16-12-35(29-44)13-17-39)26-24-37(25-27-43)36-6-4-3-5-7-36/h3-26,28,31H,27H2,1-2H3/b38-28+,46-31+. The fourth-order valence-electron chi connectivity index (χ4n) is 5.67. The van der Waals surface area contributed by atoms with E-state index in [9.17, 15) is 10.5 Å². The SMILES string of the molecule is Cc1ccc(N(c2ccc(C)cc2)c2ccc(/C=C(\C#N)C3(/C=N/c4ccc(C#N)cc4)C=CC(c4ccccc4)=CC3)cc2)cc1. The lowest BCUT2D eigenvalue weighted by molar-refractivity contribution is 0.675. The maximum atomic E-state index is 10.6. The van der Waals surface area contributed by atoms with Crippen LogP contribution in [0.15, 0.2) is 156 Å². The molecule has 4 heteroatoms. The number of aryl methyl sites for hydroxylation is 2. The minimum Gasteiger partial charge on any atom is -0.311 e. The number of benzene rings is 5. The number of hydrogen-bond donors (Lipinski definition) is 0. The minimum absolute atomic E-state index is 0.580. The Hall–Kier alpha value is -6.23. The van der Waals surface area contributed by atoms with E-state index in [0.29, 0.717) is 17.6 Å². The molecule has 0 fully saturated rings. The zero-order valence-electron chi connectivity index (χ0n) is 26.5. The van der Waals surface area contributed by atoms with Crippen molar-refractivity contribution in [3.05, 3.63) is 179 Å². The number of nitrogens with zero attached hydrogens (tertiary/aromatic N) is 4. The van der Waals surface area contributed by atoms with Gasteiger partial charge in [-0.2, -0.15) is 10.5 Å². The Balaban J connectivity index is 1.36. The van der Waals surface area contributed by atoms with Crippen LogP contribution >= 0.6 is 0 Å². The molecule has 47 heavy (non-hydrogen) atoms. The lowest BCUT2D eigenvalue weighted by Gasteiger charge is -2.28. The van der Waals surface area contributed by atoms with E-state index in [4.69, 9.17) is 4.99 Å². The molecule has 6 rings (SSSR count). The van der Waals surface area contributed by atoms with Gasteiger partial charge in [0, 0.05) is 28.8 Å². The Kier molecular flexibility index (Phi) is 9.05. The molecule has 226 valence electrons. The number of allylic oxidation sites excluding steroid dienone is 5. The summed E-state index contributed by atoms with van der Waals surface area (Å²) >= 11 is 0. The molecule has 0 saturated carbocycles. The van der Waals surface area contributed by atoms with Gasteiger partial charge in [-0.25, -0.2) is 0 Å². The Morgan fingerprint density at radius 3 is 1.81 bits per heavy atom. The maximum absolute atomic E-state index is 10.6. The van der Waals surface area contributed by atoms with E-state index < -0.39 is 5.41 Å². The molecule has 0 aliphatic heterocycles. The molecule has 1 unspecified atom stereocenters. The average Bonchev–Trinajstić information content (AvgIpc) is 3.13. The number of rotatable bonds is 8. The lowest BCUT2D eigenvalue weighted by atomic mass is 9.74. The van der Waals surface area contributed by atoms with E-state index >= 15 is 0 Å². The number of anilines is 3. The van der Waals surface area contributed by atoms with Gasteiger partial charge >= 0.3 is 0 Å². The highest BCUT2D eigenvalue weighted by molar-refractivity contribution is 5.86. The highest BCUT2D eigenvalue weighted by atomic mass is 15.1. The third-order valence-corrected chi connectivity index (χ3v) is 8.44. The smallest absolute Gasteiger partial charge is 0.0991 e. The predicted molar refractivity (Wildman–Crippen MR) is 194 cm³/mol. The average molecular weight is 607 g/mol. The highest BCUT2D eigenvalue weighted by Gasteiger charge is 2.32. The lowest BCUT2D eigenvalue weighted by Crippen LogP contribution is -2.23. The van der Waals surface area contributed by atoms with Crippen LogP contribution in [-0.2, 0) is 0 Å². The van der Waals surface area contributed by atoms with Gasteiger partial charge in [0.2, 0.25) is 0 Å². The first-order chi connectivity index (χ1) is 23.0. The number of hydrogen-bond acceptors (Lipinski definition) is 4. The molecule has 1 aliphatic carbocycles. The summed E-state index contributed by atoms with van der Waals surface area (Å²) in [5.41, 5.74) is 9.92. The Morgan fingerprint density at radius 2 is 1.30 bits per heavy atom. The second kappa shape index (κ2) is 13.8. The van der Waals surface area contributed by atoms with Gasteiger partial charge in [0.05, 0.1) is 28.8 Å². The van der Waals surface area contributed by atoms with Gasteiger partial charge in [-0.1, -0.05) is 96.1 Å². The summed E-state index contributed by atoms with van der Waals surface area (Å²) in [6.45, 7) is 4.19. The van der Waals surface area contributed by atoms with E-state index in [1.807, 2.05) is 42.6 Å². The van der Waals surface area contributed by atoms with Crippen LogP contribution in [0, 0.1) is 41.9 Å². The molecule has 5 aromatic rings. The van der Waals surface area contributed by atoms with Crippen molar-refractivity contribution >= 4 is 40.6 Å². The first-order valence-corrected chi connectivity index (χ1v) is 15.6. The number of nitriles is 2. The van der Waals surface area contributed by atoms with Crippen molar-refractivity contribution in [2.75, 3.05) is 4.90 Å². The summed E-state index contributed by atoms with van der Waals surface area (Å²) in [6, 6.07) is 47.4. The van der Waals surface area contributed by atoms with Crippen LogP contribution in [0.5, 0.6) is 0 Å². The maximum Gasteiger partial charge on any atom is 0.0991 e. The summed E-state index contributed by atoms with van der Waals surface area (Å²) in [5.74, 6) is 0. The van der Waals surface area contributed by atoms with Gasteiger partial charge in [-0.3, -0.25) is 4.99 Å². The monoisotopic (exact) mass is 606 g/mol. The van der Waals surface area contributed by atoms with Crippen LogP contribution < -0.4 is 4.90 Å². The summed E-state index contributed by atoms with van der Waals surface area (Å²) < 4.78 is 0. The van der Waals surface area contributed by atoms with Crippen LogP contribution in [0.25, 0.3) is 11.6 Å². The van der Waals surface area contributed by atoms with Gasteiger partial charge in [0.25, 0.3) is 0 Å². The molecule has 0 spiro atoms. The Morgan fingerprint density at radius 1 is 0.723 bits per heavy atom. The third-order valence-electron chi connectivity index (χ3n) is 8.44. The first-order valence-electron chi connectivity index (χ1n) is 15.6. The van der Waals surface area contributed by atoms with Gasteiger partial charge in [-0.05, 0) is 104 Å². The fraction of sp³-hybridized carbons (Fsp3) is 0.0930. The van der Waals surface area contributed by atoms with Crippen molar-refractivity contribution in [2.24, 2.45) is 10.4 Å². The quantitative estimate of drug-likeness (QED) is 0.130. The molecule has 1 atom stereocenters. The zero-order chi connectivity index (χ0) is 32.6. The third kappa shape index (κ3) is 7.04. The van der Waals surface area contributed by atoms with E-state index in [0.717, 1.165) is 39.4 Å². The van der Waals surface area contributed by atoms with Gasteiger partial charge < -0.3 is 4.90 Å². The largest absolute Gasteiger partial charge is 0.311 e. The molecule has 0 bridgehead atoms. The summed E-state index contributed by atoms with van der Waals surface area (Å²) in [7, 11) is 0. The summed E-state index contributed by atoms with van der Waals surface area (Å²) in [4.78, 5) is 7.03. The topological polar surface area (TPSA) is 63.2 Å². The van der Waals surface area contributed by atoms with Crippen molar-refractivity contribution in [2.45, 2.75) is 20.3 Å². The van der Waals surface area contributed by atoms with E-state index in [-0.39, 0.29) is 0 Å². The van der Waals surface area contributed by atoms with Crippen LogP contribution in [0.3, 0.4) is 0 Å². The molecule has 1 aliphatic rings. The second-order valence-electron chi connectivity index (χ2n) is 11.8. The molecule has 0 radical (unpaired) electrons. The van der Waals surface area contributed by atoms with Crippen molar-refractivity contribution in [1.29, 1.82) is 10.5 Å². The molecule has 0 amide bonds. The zero-order valence-corrected chi connectivity index (χ0v) is 26.5. The van der Waals surface area contributed by atoms with Crippen molar-refractivity contribution in [1.82, 2.24) is 0 Å². The molecular formula is C43H34N4. The molecule has 0 N–H and O–H groups in total. The normalized spacial score (nSPS) is 15.9. The van der Waals surface area contributed by atoms with Crippen LogP contribution in [-0.4, -0.2) is 6.21 Å². The molecule has 0 saturated heterocycles. The second-order valence-corrected chi connectivity index (χ2v) is 11.8. The van der Waals surface area contributed by atoms with E-state index in [2.05, 4.69) is 134 Å². The van der Waals surface area contributed by atoms with Crippen molar-refractivity contribution in [3.63, 3.8) is 0 Å². The minimum atomic E-state index is -0.741.